The molecule has 0 aromatic carbocycles. The molecule has 0 bridgehead atoms. The number of amides is 1. The lowest BCUT2D eigenvalue weighted by atomic mass is 10.0. The fourth-order valence-electron chi connectivity index (χ4n) is 4.36. The summed E-state index contributed by atoms with van der Waals surface area (Å²) in [6.07, 6.45) is 6.03. The first-order chi connectivity index (χ1) is 13.0. The number of rotatable bonds is 7. The molecule has 6 nitrogen and oxygen atoms in total. The fraction of sp³-hybridized carbons (Fsp3) is 0.714. The van der Waals surface area contributed by atoms with Gasteiger partial charge in [0.05, 0.1) is 12.8 Å². The van der Waals surface area contributed by atoms with Gasteiger partial charge in [-0.1, -0.05) is 0 Å². The minimum absolute atomic E-state index is 0.328. The van der Waals surface area contributed by atoms with Crippen molar-refractivity contribution in [3.05, 3.63) is 23.0 Å². The van der Waals surface area contributed by atoms with E-state index in [1.165, 1.54) is 12.8 Å². The number of pyridine rings is 1. The zero-order valence-corrected chi connectivity index (χ0v) is 17.3. The maximum absolute atomic E-state index is 11.8. The number of aryl methyl sites for hydroxylation is 1. The van der Waals surface area contributed by atoms with E-state index < -0.39 is 0 Å². The molecule has 0 aliphatic carbocycles. The van der Waals surface area contributed by atoms with Crippen LogP contribution in [0.15, 0.2) is 6.20 Å². The van der Waals surface area contributed by atoms with Gasteiger partial charge in [0.25, 0.3) is 0 Å². The van der Waals surface area contributed by atoms with Gasteiger partial charge >= 0.3 is 0 Å². The highest BCUT2D eigenvalue weighted by Gasteiger charge is 2.25. The number of hydrogen-bond donors (Lipinski definition) is 0. The summed E-state index contributed by atoms with van der Waals surface area (Å²) in [7, 11) is 3.94. The van der Waals surface area contributed by atoms with E-state index in [0.29, 0.717) is 11.9 Å². The van der Waals surface area contributed by atoms with Crippen molar-refractivity contribution in [2.45, 2.75) is 52.1 Å². The second-order valence-electron chi connectivity index (χ2n) is 8.02. The third-order valence-electron chi connectivity index (χ3n) is 6.20. The third-order valence-corrected chi connectivity index (χ3v) is 6.20. The molecule has 3 rings (SSSR count). The highest BCUT2D eigenvalue weighted by atomic mass is 16.5. The highest BCUT2D eigenvalue weighted by molar-refractivity contribution is 5.78. The lowest BCUT2D eigenvalue weighted by Crippen LogP contribution is -2.45. The number of likely N-dealkylation sites (tertiary alicyclic amines) is 2. The number of likely N-dealkylation sites (N-methyl/N-ethyl adjacent to an activating group) is 1. The molecule has 27 heavy (non-hydrogen) atoms. The van der Waals surface area contributed by atoms with E-state index in [9.17, 15) is 4.79 Å². The number of piperidine rings is 1. The molecule has 2 saturated heterocycles. The van der Waals surface area contributed by atoms with Crippen molar-refractivity contribution in [3.63, 3.8) is 0 Å². The van der Waals surface area contributed by atoms with E-state index in [1.54, 1.807) is 7.11 Å². The van der Waals surface area contributed by atoms with Crippen LogP contribution < -0.4 is 4.74 Å². The lowest BCUT2D eigenvalue weighted by Gasteiger charge is -2.37. The Bertz CT molecular complexity index is 656. The number of methoxy groups -OCH3 is 1. The largest absolute Gasteiger partial charge is 0.496 e. The number of nitrogens with zero attached hydrogens (tertiary/aromatic N) is 4. The third kappa shape index (κ3) is 4.79. The monoisotopic (exact) mass is 374 g/mol. The second-order valence-corrected chi connectivity index (χ2v) is 8.02. The summed E-state index contributed by atoms with van der Waals surface area (Å²) in [4.78, 5) is 23.4. The minimum atomic E-state index is 0.328. The molecule has 1 amide bonds. The first kappa shape index (κ1) is 20.1. The van der Waals surface area contributed by atoms with Crippen molar-refractivity contribution in [2.75, 3.05) is 46.9 Å². The molecule has 0 radical (unpaired) electrons. The summed E-state index contributed by atoms with van der Waals surface area (Å²) < 4.78 is 5.54. The van der Waals surface area contributed by atoms with Crippen LogP contribution in [0.4, 0.5) is 0 Å². The van der Waals surface area contributed by atoms with Crippen molar-refractivity contribution in [3.8, 4) is 5.75 Å². The van der Waals surface area contributed by atoms with Gasteiger partial charge in [-0.2, -0.15) is 0 Å². The molecule has 1 aromatic heterocycles. The highest BCUT2D eigenvalue weighted by Crippen LogP contribution is 2.26. The molecule has 2 aliphatic rings. The Morgan fingerprint density at radius 2 is 2.00 bits per heavy atom. The maximum atomic E-state index is 11.8. The van der Waals surface area contributed by atoms with Gasteiger partial charge < -0.3 is 14.5 Å². The van der Waals surface area contributed by atoms with Crippen molar-refractivity contribution in [1.29, 1.82) is 0 Å². The van der Waals surface area contributed by atoms with Gasteiger partial charge in [-0.25, -0.2) is 0 Å². The zero-order valence-electron chi connectivity index (χ0n) is 17.3. The van der Waals surface area contributed by atoms with Gasteiger partial charge in [0.15, 0.2) is 0 Å². The van der Waals surface area contributed by atoms with Gasteiger partial charge in [-0.3, -0.25) is 14.7 Å². The summed E-state index contributed by atoms with van der Waals surface area (Å²) in [5.41, 5.74) is 3.37. The molecule has 1 aromatic rings. The van der Waals surface area contributed by atoms with Crippen molar-refractivity contribution < 1.29 is 9.53 Å². The van der Waals surface area contributed by atoms with Gasteiger partial charge in [-0.15, -0.1) is 0 Å². The van der Waals surface area contributed by atoms with Gasteiger partial charge in [0, 0.05) is 69.1 Å². The van der Waals surface area contributed by atoms with Gasteiger partial charge in [-0.05, 0) is 40.2 Å². The predicted octanol–water partition coefficient (Wildman–Crippen LogP) is 2.23. The molecule has 3 heterocycles. The molecule has 0 spiro atoms. The Labute approximate surface area is 163 Å². The van der Waals surface area contributed by atoms with Crippen LogP contribution in [0.5, 0.6) is 5.75 Å². The normalized spacial score (nSPS) is 19.3. The second kappa shape index (κ2) is 9.02. The van der Waals surface area contributed by atoms with Gasteiger partial charge in [0.2, 0.25) is 5.91 Å². The van der Waals surface area contributed by atoms with E-state index in [1.807, 2.05) is 18.0 Å². The van der Waals surface area contributed by atoms with Crippen LogP contribution in [-0.4, -0.2) is 78.5 Å². The van der Waals surface area contributed by atoms with Crippen molar-refractivity contribution in [2.24, 2.45) is 0 Å². The maximum Gasteiger partial charge on any atom is 0.222 e. The van der Waals surface area contributed by atoms with E-state index in [0.717, 1.165) is 74.7 Å². The van der Waals surface area contributed by atoms with Crippen LogP contribution in [0.3, 0.4) is 0 Å². The van der Waals surface area contributed by atoms with Crippen molar-refractivity contribution >= 4 is 5.91 Å². The van der Waals surface area contributed by atoms with Crippen LogP contribution in [0.25, 0.3) is 0 Å². The summed E-state index contributed by atoms with van der Waals surface area (Å²) in [5, 5.41) is 0. The molecule has 0 unspecified atom stereocenters. The molecular formula is C21H34N4O2. The smallest absolute Gasteiger partial charge is 0.222 e. The number of carbonyl (C=O) groups is 1. The Kier molecular flexibility index (Phi) is 6.71. The zero-order chi connectivity index (χ0) is 19.4. The quantitative estimate of drug-likeness (QED) is 0.732. The molecular weight excluding hydrogens is 340 g/mol. The van der Waals surface area contributed by atoms with Crippen LogP contribution in [0, 0.1) is 13.8 Å². The number of aromatic nitrogens is 1. The Balaban J connectivity index is 1.47. The average Bonchev–Trinajstić information content (AvgIpc) is 3.08. The number of ether oxygens (including phenoxy) is 1. The first-order valence-corrected chi connectivity index (χ1v) is 10.2. The van der Waals surface area contributed by atoms with E-state index in [2.05, 4.69) is 28.8 Å². The first-order valence-electron chi connectivity index (χ1n) is 10.2. The molecule has 0 saturated carbocycles. The summed E-state index contributed by atoms with van der Waals surface area (Å²) in [6, 6.07) is 0.612. The average molecular weight is 375 g/mol. The SMILES string of the molecule is COc1c(C)cnc(CN2CCC(N(C)CCN3CCCC3=O)CC2)c1C. The number of carbonyl (C=O) groups excluding carboxylic acids is 1. The van der Waals surface area contributed by atoms with Crippen LogP contribution in [-0.2, 0) is 11.3 Å². The summed E-state index contributed by atoms with van der Waals surface area (Å²) in [6.45, 7) is 10.0. The summed E-state index contributed by atoms with van der Waals surface area (Å²) in [5.74, 6) is 1.29. The van der Waals surface area contributed by atoms with Gasteiger partial charge in [0.1, 0.15) is 5.75 Å². The minimum Gasteiger partial charge on any atom is -0.496 e. The molecule has 2 aliphatic heterocycles. The summed E-state index contributed by atoms with van der Waals surface area (Å²) >= 11 is 0. The molecule has 0 N–H and O–H groups in total. The Hall–Kier alpha value is -1.66. The van der Waals surface area contributed by atoms with E-state index in [-0.39, 0.29) is 0 Å². The fourth-order valence-corrected chi connectivity index (χ4v) is 4.36. The standard InChI is InChI=1S/C21H34N4O2/c1-16-14-22-19(17(2)21(16)27-4)15-24-10-7-18(8-11-24)23(3)12-13-25-9-5-6-20(25)26/h14,18H,5-13,15H2,1-4H3. The molecule has 2 fully saturated rings. The van der Waals surface area contributed by atoms with E-state index >= 15 is 0 Å². The van der Waals surface area contributed by atoms with Crippen LogP contribution in [0.2, 0.25) is 0 Å². The Morgan fingerprint density at radius 3 is 2.63 bits per heavy atom. The lowest BCUT2D eigenvalue weighted by molar-refractivity contribution is -0.127. The molecule has 150 valence electrons. The van der Waals surface area contributed by atoms with Crippen LogP contribution >= 0.6 is 0 Å². The molecule has 0 atom stereocenters. The van der Waals surface area contributed by atoms with Crippen LogP contribution in [0.1, 0.15) is 42.5 Å². The Morgan fingerprint density at radius 1 is 1.26 bits per heavy atom. The predicted molar refractivity (Wildman–Crippen MR) is 107 cm³/mol. The van der Waals surface area contributed by atoms with Crippen molar-refractivity contribution in [1.82, 2.24) is 19.7 Å². The number of hydrogen-bond acceptors (Lipinski definition) is 5. The topological polar surface area (TPSA) is 48.9 Å². The van der Waals surface area contributed by atoms with E-state index in [4.69, 9.17) is 4.74 Å². The molecule has 6 heteroatoms.